The molecule has 0 saturated carbocycles. The lowest BCUT2D eigenvalue weighted by atomic mass is 10.1. The number of carbonyl (C=O) groups excluding carboxylic acids is 2. The van der Waals surface area contributed by atoms with Crippen molar-refractivity contribution < 1.29 is 9.59 Å². The maximum Gasteiger partial charge on any atom is 0.259 e. The molecule has 128 valence electrons. The molecule has 6 heteroatoms. The highest BCUT2D eigenvalue weighted by molar-refractivity contribution is 6.33. The van der Waals surface area contributed by atoms with E-state index in [1.54, 1.807) is 30.5 Å². The van der Waals surface area contributed by atoms with E-state index < -0.39 is 11.8 Å². The van der Waals surface area contributed by atoms with Crippen LogP contribution >= 0.6 is 11.6 Å². The molecule has 5 nitrogen and oxygen atoms in total. The maximum atomic E-state index is 11.9. The number of nitrogens with one attached hydrogen (secondary N) is 2. The molecule has 0 aromatic heterocycles. The second-order valence-corrected chi connectivity index (χ2v) is 5.66. The Kier molecular flexibility index (Phi) is 6.92. The van der Waals surface area contributed by atoms with E-state index in [4.69, 9.17) is 11.6 Å². The lowest BCUT2D eigenvalue weighted by Crippen LogP contribution is -2.35. The van der Waals surface area contributed by atoms with E-state index >= 15 is 0 Å². The molecule has 0 saturated heterocycles. The van der Waals surface area contributed by atoms with Gasteiger partial charge in [-0.25, -0.2) is 5.43 Å². The number of benzene rings is 2. The number of nitrogens with zero attached hydrogens (tertiary/aromatic N) is 1. The molecule has 0 aliphatic rings. The van der Waals surface area contributed by atoms with E-state index in [9.17, 15) is 9.59 Å². The molecule has 25 heavy (non-hydrogen) atoms. The molecule has 2 amide bonds. The number of allylic oxidation sites excluding steroid dienone is 1. The zero-order valence-electron chi connectivity index (χ0n) is 13.7. The van der Waals surface area contributed by atoms with E-state index in [0.29, 0.717) is 10.6 Å². The van der Waals surface area contributed by atoms with Crippen LogP contribution in [-0.4, -0.2) is 24.6 Å². The van der Waals surface area contributed by atoms with Crippen molar-refractivity contribution in [1.82, 2.24) is 10.7 Å². The maximum absolute atomic E-state index is 11.9. The lowest BCUT2D eigenvalue weighted by molar-refractivity contribution is -0.120. The normalized spacial score (nSPS) is 11.4. The number of hydrazone groups is 1. The van der Waals surface area contributed by atoms with Crippen LogP contribution in [0.4, 0.5) is 0 Å². The summed E-state index contributed by atoms with van der Waals surface area (Å²) in [7, 11) is 0. The average molecular weight is 356 g/mol. The SMILES string of the molecule is CC(/C=N\NC(=O)CNC(=O)c1ccccc1Cl)=C/c1ccccc1. The quantitative estimate of drug-likeness (QED) is 0.616. The Morgan fingerprint density at radius 2 is 1.76 bits per heavy atom. The van der Waals surface area contributed by atoms with Gasteiger partial charge in [0.25, 0.3) is 11.8 Å². The predicted molar refractivity (Wildman–Crippen MR) is 101 cm³/mol. The van der Waals surface area contributed by atoms with Crippen molar-refractivity contribution >= 4 is 35.7 Å². The third-order valence-corrected chi connectivity index (χ3v) is 3.51. The summed E-state index contributed by atoms with van der Waals surface area (Å²) in [5.41, 5.74) is 4.61. The first-order chi connectivity index (χ1) is 12.1. The minimum absolute atomic E-state index is 0.192. The fourth-order valence-corrected chi connectivity index (χ4v) is 2.22. The monoisotopic (exact) mass is 355 g/mol. The molecule has 0 aliphatic heterocycles. The lowest BCUT2D eigenvalue weighted by Gasteiger charge is -2.05. The molecular formula is C19H18ClN3O2. The topological polar surface area (TPSA) is 70.6 Å². The summed E-state index contributed by atoms with van der Waals surface area (Å²) in [4.78, 5) is 23.6. The molecule has 2 rings (SSSR count). The van der Waals surface area contributed by atoms with E-state index in [1.807, 2.05) is 43.3 Å². The largest absolute Gasteiger partial charge is 0.343 e. The van der Waals surface area contributed by atoms with Crippen LogP contribution in [0.15, 0.2) is 65.3 Å². The van der Waals surface area contributed by atoms with Crippen LogP contribution in [0.25, 0.3) is 6.08 Å². The highest BCUT2D eigenvalue weighted by Crippen LogP contribution is 2.14. The fraction of sp³-hybridized carbons (Fsp3) is 0.105. The molecule has 2 N–H and O–H groups in total. The molecule has 2 aromatic carbocycles. The molecule has 0 radical (unpaired) electrons. The van der Waals surface area contributed by atoms with Crippen molar-refractivity contribution in [2.45, 2.75) is 6.92 Å². The summed E-state index contributed by atoms with van der Waals surface area (Å²) in [5, 5.41) is 6.69. The molecular weight excluding hydrogens is 338 g/mol. The second-order valence-electron chi connectivity index (χ2n) is 5.25. The van der Waals surface area contributed by atoms with Gasteiger partial charge in [0, 0.05) is 0 Å². The first-order valence-electron chi connectivity index (χ1n) is 7.64. The van der Waals surface area contributed by atoms with E-state index in [0.717, 1.165) is 11.1 Å². The van der Waals surface area contributed by atoms with Gasteiger partial charge in [0.05, 0.1) is 23.3 Å². The highest BCUT2D eigenvalue weighted by Gasteiger charge is 2.10. The third kappa shape index (κ3) is 6.24. The summed E-state index contributed by atoms with van der Waals surface area (Å²) in [6.45, 7) is 1.69. The number of rotatable bonds is 6. The summed E-state index contributed by atoms with van der Waals surface area (Å²) in [5.74, 6) is -0.839. The summed E-state index contributed by atoms with van der Waals surface area (Å²) < 4.78 is 0. The van der Waals surface area contributed by atoms with Crippen LogP contribution in [0.1, 0.15) is 22.8 Å². The molecule has 0 heterocycles. The van der Waals surface area contributed by atoms with Gasteiger partial charge in [-0.05, 0) is 30.2 Å². The standard InChI is InChI=1S/C19H18ClN3O2/c1-14(11-15-7-3-2-4-8-15)12-22-23-18(24)13-21-19(25)16-9-5-6-10-17(16)20/h2-12H,13H2,1H3,(H,21,25)(H,23,24)/b14-11-,22-12-. The van der Waals surface area contributed by atoms with E-state index in [1.165, 1.54) is 0 Å². The Hall–Kier alpha value is -2.92. The van der Waals surface area contributed by atoms with Crippen LogP contribution in [0.3, 0.4) is 0 Å². The summed E-state index contributed by atoms with van der Waals surface area (Å²) in [6, 6.07) is 16.4. The van der Waals surface area contributed by atoms with Crippen LogP contribution in [0.2, 0.25) is 5.02 Å². The van der Waals surface area contributed by atoms with Crippen molar-refractivity contribution in [3.63, 3.8) is 0 Å². The van der Waals surface area contributed by atoms with Crippen molar-refractivity contribution in [3.8, 4) is 0 Å². The van der Waals surface area contributed by atoms with Crippen molar-refractivity contribution in [2.75, 3.05) is 6.54 Å². The second kappa shape index (κ2) is 9.39. The smallest absolute Gasteiger partial charge is 0.259 e. The van der Waals surface area contributed by atoms with E-state index in [2.05, 4.69) is 15.8 Å². The first kappa shape index (κ1) is 18.4. The zero-order valence-corrected chi connectivity index (χ0v) is 14.5. The number of halogens is 1. The minimum atomic E-state index is -0.427. The molecule has 2 aromatic rings. The van der Waals surface area contributed by atoms with Gasteiger partial charge in [-0.3, -0.25) is 9.59 Å². The van der Waals surface area contributed by atoms with Crippen molar-refractivity contribution in [2.24, 2.45) is 5.10 Å². The molecule has 0 bridgehead atoms. The average Bonchev–Trinajstić information content (AvgIpc) is 2.61. The van der Waals surface area contributed by atoms with Gasteiger partial charge in [0.1, 0.15) is 0 Å². The summed E-state index contributed by atoms with van der Waals surface area (Å²) in [6.07, 6.45) is 3.48. The predicted octanol–water partition coefficient (Wildman–Crippen LogP) is 3.28. The minimum Gasteiger partial charge on any atom is -0.343 e. The Morgan fingerprint density at radius 3 is 2.48 bits per heavy atom. The van der Waals surface area contributed by atoms with Gasteiger partial charge in [-0.1, -0.05) is 60.1 Å². The summed E-state index contributed by atoms with van der Waals surface area (Å²) >= 11 is 5.93. The molecule has 0 atom stereocenters. The van der Waals surface area contributed by atoms with Gasteiger partial charge in [0.2, 0.25) is 0 Å². The Labute approximate surface area is 151 Å². The fourth-order valence-electron chi connectivity index (χ4n) is 2.00. The van der Waals surface area contributed by atoms with Crippen LogP contribution in [0, 0.1) is 0 Å². The van der Waals surface area contributed by atoms with Crippen LogP contribution in [0.5, 0.6) is 0 Å². The van der Waals surface area contributed by atoms with E-state index in [-0.39, 0.29) is 6.54 Å². The molecule has 0 spiro atoms. The van der Waals surface area contributed by atoms with Crippen molar-refractivity contribution in [3.05, 3.63) is 76.3 Å². The Morgan fingerprint density at radius 1 is 1.08 bits per heavy atom. The number of hydrogen-bond acceptors (Lipinski definition) is 3. The third-order valence-electron chi connectivity index (χ3n) is 3.18. The number of carbonyl (C=O) groups is 2. The molecule has 0 aliphatic carbocycles. The molecule has 0 fully saturated rings. The number of amides is 2. The number of hydrogen-bond donors (Lipinski definition) is 2. The van der Waals surface area contributed by atoms with Gasteiger partial charge in [-0.15, -0.1) is 0 Å². The Balaban J connectivity index is 1.80. The molecule has 0 unspecified atom stereocenters. The van der Waals surface area contributed by atoms with Crippen LogP contribution in [-0.2, 0) is 4.79 Å². The van der Waals surface area contributed by atoms with Crippen LogP contribution < -0.4 is 10.7 Å². The Bertz CT molecular complexity index is 801. The van der Waals surface area contributed by atoms with Gasteiger partial charge < -0.3 is 5.32 Å². The zero-order chi connectivity index (χ0) is 18.1. The van der Waals surface area contributed by atoms with Gasteiger partial charge >= 0.3 is 0 Å². The van der Waals surface area contributed by atoms with Gasteiger partial charge in [0.15, 0.2) is 0 Å². The highest BCUT2D eigenvalue weighted by atomic mass is 35.5. The van der Waals surface area contributed by atoms with Crippen molar-refractivity contribution in [1.29, 1.82) is 0 Å². The first-order valence-corrected chi connectivity index (χ1v) is 8.02. The van der Waals surface area contributed by atoms with Gasteiger partial charge in [-0.2, -0.15) is 5.10 Å².